The van der Waals surface area contributed by atoms with E-state index in [1.807, 2.05) is 6.08 Å². The Hall–Kier alpha value is -11.2. The highest BCUT2D eigenvalue weighted by molar-refractivity contribution is 6.15. The van der Waals surface area contributed by atoms with Crippen LogP contribution in [0.5, 0.6) is 0 Å². The zero-order valence-corrected chi connectivity index (χ0v) is 49.7. The molecule has 0 fully saturated rings. The number of hydrogen-bond donors (Lipinski definition) is 0. The minimum atomic E-state index is -0.695. The van der Waals surface area contributed by atoms with E-state index in [4.69, 9.17) is 8.83 Å². The quantitative estimate of drug-likeness (QED) is 0.121. The van der Waals surface area contributed by atoms with Gasteiger partial charge in [-0.25, -0.2) is 0 Å². The first-order valence-corrected chi connectivity index (χ1v) is 30.8. The highest BCUT2D eigenvalue weighted by Gasteiger charge is 2.58. The summed E-state index contributed by atoms with van der Waals surface area (Å²) in [5, 5.41) is 6.64. The first-order valence-electron chi connectivity index (χ1n) is 30.8. The summed E-state index contributed by atoms with van der Waals surface area (Å²) in [6.45, 7) is 11.7. The van der Waals surface area contributed by atoms with Crippen LogP contribution in [0.15, 0.2) is 307 Å². The van der Waals surface area contributed by atoms with Gasteiger partial charge in [0.25, 0.3) is 0 Å². The second-order valence-corrected chi connectivity index (χ2v) is 24.2. The molecule has 2 unspecified atom stereocenters. The molecule has 0 saturated heterocycles. The summed E-state index contributed by atoms with van der Waals surface area (Å²) >= 11 is 0. The Labute approximate surface area is 517 Å². The van der Waals surface area contributed by atoms with Gasteiger partial charge in [-0.05, 0) is 145 Å². The number of anilines is 6. The Morgan fingerprint density at radius 2 is 0.764 bits per heavy atom. The maximum absolute atomic E-state index is 7.05. The Kier molecular flexibility index (Phi) is 11.8. The molecule has 15 aromatic rings. The maximum atomic E-state index is 7.05. The lowest BCUT2D eigenvalue weighted by Gasteiger charge is -2.46. The summed E-state index contributed by atoms with van der Waals surface area (Å²) in [7, 11) is 0. The van der Waals surface area contributed by atoms with Gasteiger partial charge < -0.3 is 18.6 Å². The van der Waals surface area contributed by atoms with Gasteiger partial charge in [0.1, 0.15) is 11.2 Å². The number of allylic oxidation sites excluding steroid dienone is 2. The number of furan rings is 2. The number of benzene rings is 13. The molecular weight excluding hydrogens is 1080 g/mol. The van der Waals surface area contributed by atoms with E-state index in [-0.39, 0.29) is 0 Å². The molecule has 0 radical (unpaired) electrons. The molecule has 2 heterocycles. The lowest BCUT2D eigenvalue weighted by molar-refractivity contribution is 0.376. The average Bonchev–Trinajstić information content (AvgIpc) is 1.51. The minimum absolute atomic E-state index is 0.693. The molecule has 0 bridgehead atoms. The third kappa shape index (κ3) is 7.66. The van der Waals surface area contributed by atoms with Crippen LogP contribution in [-0.2, 0) is 10.8 Å². The molecule has 0 N–H and O–H groups in total. The van der Waals surface area contributed by atoms with Crippen LogP contribution in [0.4, 0.5) is 34.1 Å². The number of nitrogens with zero attached hydrogens (tertiary/aromatic N) is 2. The van der Waals surface area contributed by atoms with Gasteiger partial charge in [-0.1, -0.05) is 257 Å². The first-order chi connectivity index (χ1) is 43.8. The zero-order valence-electron chi connectivity index (χ0n) is 49.7. The summed E-state index contributed by atoms with van der Waals surface area (Å²) in [5.74, 6) is 0. The van der Waals surface area contributed by atoms with Crippen LogP contribution in [0.1, 0.15) is 47.2 Å². The molecule has 0 spiro atoms. The molecular formula is C85H60N2O2. The standard InChI is InChI=1S/C85H60N2O2/c1-5-6-35-61-54(2)80-68-40-15-19-44-70(68)84(3,72(80)52-76(61)86(59-33-23-31-57(50-59)55-27-9-7-10-28-55)74-46-25-42-66-63-37-17-21-48-78(63)88-82(66)74)85(4)71-45-20-16-41-69(71)81-65-39-14-13-36-62(65)77(53-73(81)85)87(60-34-24-32-58(51-60)56-29-11-8-12-30-56)75-47-26-43-67-64-38-18-22-49-79(64)89-83(67)75/h5-53H,1H2,2-4H3/b35-6-. The van der Waals surface area contributed by atoms with Gasteiger partial charge in [-0.15, -0.1) is 0 Å². The zero-order chi connectivity index (χ0) is 59.5. The van der Waals surface area contributed by atoms with E-state index in [0.29, 0.717) is 0 Å². The molecule has 2 atom stereocenters. The van der Waals surface area contributed by atoms with Crippen LogP contribution in [0.25, 0.3) is 105 Å². The van der Waals surface area contributed by atoms with Crippen LogP contribution in [0, 0.1) is 6.92 Å². The Morgan fingerprint density at radius 3 is 1.31 bits per heavy atom. The van der Waals surface area contributed by atoms with Gasteiger partial charge in [0.15, 0.2) is 11.2 Å². The smallest absolute Gasteiger partial charge is 0.159 e. The van der Waals surface area contributed by atoms with Crippen molar-refractivity contribution in [2.45, 2.75) is 31.6 Å². The van der Waals surface area contributed by atoms with E-state index in [1.165, 1.54) is 55.5 Å². The normalized spacial score (nSPS) is 15.7. The first kappa shape index (κ1) is 52.2. The third-order valence-electron chi connectivity index (χ3n) is 19.7. The lowest BCUT2D eigenvalue weighted by Crippen LogP contribution is -2.44. The Morgan fingerprint density at radius 1 is 0.348 bits per heavy atom. The van der Waals surface area contributed by atoms with E-state index < -0.39 is 10.8 Å². The molecule has 4 nitrogen and oxygen atoms in total. The monoisotopic (exact) mass is 1140 g/mol. The van der Waals surface area contributed by atoms with Gasteiger partial charge in [0, 0.05) is 54.7 Å². The number of rotatable bonds is 11. The van der Waals surface area contributed by atoms with Crippen molar-refractivity contribution in [1.82, 2.24) is 0 Å². The van der Waals surface area contributed by atoms with Crippen LogP contribution in [-0.4, -0.2) is 0 Å². The van der Waals surface area contributed by atoms with Gasteiger partial charge in [0.2, 0.25) is 0 Å². The SMILES string of the molecule is C=C/C=C\c1c(N(c2cccc(-c3ccccc3)c2)c2cccc3c2oc2ccccc23)cc2c(c1C)-c1ccccc1C2(C)C1(C)c2ccccc2-c2c1cc(N(c1cccc(-c3ccccc3)c1)c1cccc3c1oc1ccccc13)c1ccccc21. The topological polar surface area (TPSA) is 32.8 Å². The van der Waals surface area contributed by atoms with Crippen molar-refractivity contribution in [3.05, 3.63) is 331 Å². The fourth-order valence-electron chi connectivity index (χ4n) is 15.5. The van der Waals surface area contributed by atoms with Crippen molar-refractivity contribution in [1.29, 1.82) is 0 Å². The third-order valence-corrected chi connectivity index (χ3v) is 19.7. The van der Waals surface area contributed by atoms with Crippen molar-refractivity contribution in [3.8, 4) is 44.5 Å². The highest BCUT2D eigenvalue weighted by Crippen LogP contribution is 2.68. The summed E-state index contributed by atoms with van der Waals surface area (Å²) in [4.78, 5) is 4.93. The van der Waals surface area contributed by atoms with Crippen LogP contribution in [0.3, 0.4) is 0 Å². The molecule has 422 valence electrons. The lowest BCUT2D eigenvalue weighted by atomic mass is 9.56. The van der Waals surface area contributed by atoms with Gasteiger partial charge in [0.05, 0.1) is 22.7 Å². The van der Waals surface area contributed by atoms with E-state index in [9.17, 15) is 0 Å². The van der Waals surface area contributed by atoms with Crippen LogP contribution < -0.4 is 9.80 Å². The molecule has 2 aliphatic carbocycles. The van der Waals surface area contributed by atoms with Crippen molar-refractivity contribution in [2.24, 2.45) is 0 Å². The van der Waals surface area contributed by atoms with E-state index in [1.54, 1.807) is 0 Å². The minimum Gasteiger partial charge on any atom is -0.454 e. The molecule has 4 heteroatoms. The number of para-hydroxylation sites is 4. The fraction of sp³-hybridized carbons (Fsp3) is 0.0588. The molecule has 2 aromatic heterocycles. The summed E-state index contributed by atoms with van der Waals surface area (Å²) < 4.78 is 14.1. The van der Waals surface area contributed by atoms with Crippen molar-refractivity contribution < 1.29 is 8.83 Å². The summed E-state index contributed by atoms with van der Waals surface area (Å²) in [6, 6.07) is 102. The fourth-order valence-corrected chi connectivity index (χ4v) is 15.5. The second kappa shape index (κ2) is 20.2. The predicted molar refractivity (Wildman–Crippen MR) is 373 cm³/mol. The predicted octanol–water partition coefficient (Wildman–Crippen LogP) is 23.7. The molecule has 17 rings (SSSR count). The van der Waals surface area contributed by atoms with Gasteiger partial charge >= 0.3 is 0 Å². The van der Waals surface area contributed by atoms with Gasteiger partial charge in [-0.3, -0.25) is 0 Å². The van der Waals surface area contributed by atoms with Crippen molar-refractivity contribution >= 4 is 94.8 Å². The number of hydrogen-bond acceptors (Lipinski definition) is 4. The van der Waals surface area contributed by atoms with Crippen LogP contribution in [0.2, 0.25) is 0 Å². The average molecular weight is 1140 g/mol. The van der Waals surface area contributed by atoms with Crippen molar-refractivity contribution in [3.63, 3.8) is 0 Å². The van der Waals surface area contributed by atoms with E-state index in [0.717, 1.165) is 111 Å². The largest absolute Gasteiger partial charge is 0.454 e. The summed E-state index contributed by atoms with van der Waals surface area (Å²) in [5.41, 5.74) is 24.9. The van der Waals surface area contributed by atoms with Crippen molar-refractivity contribution in [2.75, 3.05) is 9.80 Å². The van der Waals surface area contributed by atoms with E-state index >= 15 is 0 Å². The van der Waals surface area contributed by atoms with Gasteiger partial charge in [-0.2, -0.15) is 0 Å². The molecule has 0 aliphatic heterocycles. The Bertz CT molecular complexity index is 5420. The molecule has 89 heavy (non-hydrogen) atoms. The molecule has 13 aromatic carbocycles. The maximum Gasteiger partial charge on any atom is 0.159 e. The molecule has 2 aliphatic rings. The molecule has 0 saturated carbocycles. The number of fused-ring (bicyclic) bond motifs is 14. The Balaban J connectivity index is 0.968. The molecule has 0 amide bonds. The highest BCUT2D eigenvalue weighted by atomic mass is 16.3. The van der Waals surface area contributed by atoms with E-state index in [2.05, 4.69) is 328 Å². The van der Waals surface area contributed by atoms with Crippen LogP contribution >= 0.6 is 0 Å². The summed E-state index contributed by atoms with van der Waals surface area (Å²) in [6.07, 6.45) is 6.23. The second-order valence-electron chi connectivity index (χ2n) is 24.2.